The highest BCUT2D eigenvalue weighted by Crippen LogP contribution is 2.29. The first kappa shape index (κ1) is 14.9. The molecule has 1 fully saturated rings. The molecule has 0 aliphatic carbocycles. The predicted octanol–water partition coefficient (Wildman–Crippen LogP) is 2.93. The van der Waals surface area contributed by atoms with Crippen molar-refractivity contribution in [1.29, 1.82) is 0 Å². The maximum atomic E-state index is 4.21. The minimum Gasteiger partial charge on any atom is -0.315 e. The molecule has 2 unspecified atom stereocenters. The number of hydrogen-bond acceptors (Lipinski definition) is 4. The van der Waals surface area contributed by atoms with Crippen LogP contribution < -0.4 is 5.32 Å². The molecule has 0 radical (unpaired) electrons. The molecule has 3 nitrogen and oxygen atoms in total. The Bertz CT molecular complexity index is 359. The van der Waals surface area contributed by atoms with E-state index in [4.69, 9.17) is 0 Å². The first-order chi connectivity index (χ1) is 9.20. The Morgan fingerprint density at radius 2 is 2.16 bits per heavy atom. The number of hydrogen-bond donors (Lipinski definition) is 1. The van der Waals surface area contributed by atoms with E-state index in [0.717, 1.165) is 6.42 Å². The molecule has 0 saturated carbocycles. The van der Waals surface area contributed by atoms with E-state index in [9.17, 15) is 0 Å². The maximum absolute atomic E-state index is 4.21. The van der Waals surface area contributed by atoms with Gasteiger partial charge >= 0.3 is 0 Å². The summed E-state index contributed by atoms with van der Waals surface area (Å²) in [6.45, 7) is 7.27. The van der Waals surface area contributed by atoms with E-state index in [-0.39, 0.29) is 5.54 Å². The molecule has 19 heavy (non-hydrogen) atoms. The van der Waals surface area contributed by atoms with Gasteiger partial charge in [-0.15, -0.1) is 11.3 Å². The second kappa shape index (κ2) is 6.82. The van der Waals surface area contributed by atoms with E-state index in [2.05, 4.69) is 36.1 Å². The van der Waals surface area contributed by atoms with E-state index in [1.165, 1.54) is 43.6 Å². The van der Waals surface area contributed by atoms with Crippen LogP contribution in [0.15, 0.2) is 11.7 Å². The normalized spacial score (nSPS) is 22.1. The van der Waals surface area contributed by atoms with Crippen molar-refractivity contribution >= 4 is 11.3 Å². The lowest BCUT2D eigenvalue weighted by molar-refractivity contribution is 0.0455. The van der Waals surface area contributed by atoms with E-state index >= 15 is 0 Å². The molecule has 0 amide bonds. The van der Waals surface area contributed by atoms with Gasteiger partial charge in [0.05, 0.1) is 5.51 Å². The molecule has 0 aromatic carbocycles. The van der Waals surface area contributed by atoms with Crippen molar-refractivity contribution < 1.29 is 0 Å². The van der Waals surface area contributed by atoms with Crippen molar-refractivity contribution in [3.63, 3.8) is 0 Å². The van der Waals surface area contributed by atoms with Gasteiger partial charge < -0.3 is 5.32 Å². The number of aromatic nitrogens is 1. The van der Waals surface area contributed by atoms with Crippen LogP contribution in [-0.4, -0.2) is 41.6 Å². The van der Waals surface area contributed by atoms with Crippen LogP contribution in [0.1, 0.15) is 44.4 Å². The third-order valence-electron chi connectivity index (χ3n) is 4.78. The SMILES string of the molecule is CCC(C)(C(Cc1cncs1)NC)N1CCCCC1. The number of likely N-dealkylation sites (N-methyl/N-ethyl adjacent to an activating group) is 1. The van der Waals surface area contributed by atoms with Crippen LogP contribution in [0.25, 0.3) is 0 Å². The van der Waals surface area contributed by atoms with Gasteiger partial charge in [0, 0.05) is 29.1 Å². The minimum atomic E-state index is 0.249. The summed E-state index contributed by atoms with van der Waals surface area (Å²) in [5, 5.41) is 3.57. The Hall–Kier alpha value is -0.450. The molecule has 2 atom stereocenters. The fraction of sp³-hybridized carbons (Fsp3) is 0.800. The first-order valence-corrected chi connectivity index (χ1v) is 8.38. The number of likely N-dealkylation sites (tertiary alicyclic amines) is 1. The van der Waals surface area contributed by atoms with Crippen molar-refractivity contribution in [1.82, 2.24) is 15.2 Å². The van der Waals surface area contributed by atoms with Crippen molar-refractivity contribution in [3.05, 3.63) is 16.6 Å². The van der Waals surface area contributed by atoms with Gasteiger partial charge in [-0.25, -0.2) is 0 Å². The number of nitrogens with one attached hydrogen (secondary N) is 1. The number of piperidine rings is 1. The van der Waals surface area contributed by atoms with Gasteiger partial charge in [0.25, 0.3) is 0 Å². The summed E-state index contributed by atoms with van der Waals surface area (Å²) < 4.78 is 0. The zero-order valence-corrected chi connectivity index (χ0v) is 13.3. The van der Waals surface area contributed by atoms with Crippen molar-refractivity contribution in [2.75, 3.05) is 20.1 Å². The Labute approximate surface area is 121 Å². The quantitative estimate of drug-likeness (QED) is 0.869. The summed E-state index contributed by atoms with van der Waals surface area (Å²) >= 11 is 1.77. The molecule has 4 heteroatoms. The minimum absolute atomic E-state index is 0.249. The molecule has 0 spiro atoms. The van der Waals surface area contributed by atoms with Crippen molar-refractivity contribution in [3.8, 4) is 0 Å². The highest BCUT2D eigenvalue weighted by Gasteiger charge is 2.38. The fourth-order valence-electron chi connectivity index (χ4n) is 3.27. The summed E-state index contributed by atoms with van der Waals surface area (Å²) in [7, 11) is 2.10. The van der Waals surface area contributed by atoms with Gasteiger partial charge in [0.1, 0.15) is 0 Å². The number of nitrogens with zero attached hydrogens (tertiary/aromatic N) is 2. The second-order valence-corrected chi connectivity index (χ2v) is 6.74. The Balaban J connectivity index is 2.11. The van der Waals surface area contributed by atoms with E-state index in [1.54, 1.807) is 11.3 Å². The number of thiazole rings is 1. The molecule has 1 saturated heterocycles. The lowest BCUT2D eigenvalue weighted by Gasteiger charge is -2.48. The number of rotatable bonds is 6. The lowest BCUT2D eigenvalue weighted by atomic mass is 9.83. The van der Waals surface area contributed by atoms with E-state index < -0.39 is 0 Å². The standard InChI is InChI=1S/C15H27N3S/c1-4-15(2,18-8-6-5-7-9-18)14(16-3)10-13-11-17-12-19-13/h11-12,14,16H,4-10H2,1-3H3. The molecule has 1 aromatic rings. The Morgan fingerprint density at radius 3 is 2.68 bits per heavy atom. The summed E-state index contributed by atoms with van der Waals surface area (Å²) in [4.78, 5) is 8.30. The smallest absolute Gasteiger partial charge is 0.0794 e. The van der Waals surface area contributed by atoms with Gasteiger partial charge in [0.15, 0.2) is 0 Å². The lowest BCUT2D eigenvalue weighted by Crippen LogP contribution is -2.60. The van der Waals surface area contributed by atoms with Crippen LogP contribution in [0.4, 0.5) is 0 Å². The van der Waals surface area contributed by atoms with Gasteiger partial charge in [-0.1, -0.05) is 13.3 Å². The van der Waals surface area contributed by atoms with Crippen LogP contribution in [0.5, 0.6) is 0 Å². The average molecular weight is 281 g/mol. The topological polar surface area (TPSA) is 28.2 Å². The molecule has 1 N–H and O–H groups in total. The summed E-state index contributed by atoms with van der Waals surface area (Å²) in [5.41, 5.74) is 2.19. The molecule has 0 bridgehead atoms. The third-order valence-corrected chi connectivity index (χ3v) is 5.58. The molecule has 1 aliphatic rings. The van der Waals surface area contributed by atoms with Crippen LogP contribution in [0.3, 0.4) is 0 Å². The third kappa shape index (κ3) is 3.36. The van der Waals surface area contributed by atoms with Crippen molar-refractivity contribution in [2.24, 2.45) is 0 Å². The summed E-state index contributed by atoms with van der Waals surface area (Å²) in [6.07, 6.45) is 8.40. The molecular weight excluding hydrogens is 254 g/mol. The zero-order chi connectivity index (χ0) is 13.7. The monoisotopic (exact) mass is 281 g/mol. The Morgan fingerprint density at radius 1 is 1.42 bits per heavy atom. The van der Waals surface area contributed by atoms with Crippen LogP contribution in [0.2, 0.25) is 0 Å². The zero-order valence-electron chi connectivity index (χ0n) is 12.5. The van der Waals surface area contributed by atoms with Crippen LogP contribution in [-0.2, 0) is 6.42 Å². The van der Waals surface area contributed by atoms with Crippen LogP contribution >= 0.6 is 11.3 Å². The maximum Gasteiger partial charge on any atom is 0.0794 e. The summed E-state index contributed by atoms with van der Waals surface area (Å²) in [5.74, 6) is 0. The largest absolute Gasteiger partial charge is 0.315 e. The fourth-order valence-corrected chi connectivity index (χ4v) is 3.91. The van der Waals surface area contributed by atoms with E-state index in [0.29, 0.717) is 6.04 Å². The van der Waals surface area contributed by atoms with Gasteiger partial charge in [-0.05, 0) is 46.3 Å². The van der Waals surface area contributed by atoms with Crippen molar-refractivity contribution in [2.45, 2.75) is 57.5 Å². The highest BCUT2D eigenvalue weighted by molar-refractivity contribution is 7.09. The molecule has 1 aromatic heterocycles. The van der Waals surface area contributed by atoms with Crippen LogP contribution in [0, 0.1) is 0 Å². The second-order valence-electron chi connectivity index (χ2n) is 5.77. The molecule has 2 rings (SSSR count). The van der Waals surface area contributed by atoms with E-state index in [1.807, 2.05) is 11.7 Å². The molecular formula is C15H27N3S. The van der Waals surface area contributed by atoms with Gasteiger partial charge in [-0.2, -0.15) is 0 Å². The van der Waals surface area contributed by atoms with Gasteiger partial charge in [0.2, 0.25) is 0 Å². The predicted molar refractivity (Wildman–Crippen MR) is 82.8 cm³/mol. The highest BCUT2D eigenvalue weighted by atomic mass is 32.1. The Kier molecular flexibility index (Phi) is 5.37. The molecule has 1 aliphatic heterocycles. The summed E-state index contributed by atoms with van der Waals surface area (Å²) in [6, 6.07) is 0.496. The van der Waals surface area contributed by atoms with Gasteiger partial charge in [-0.3, -0.25) is 9.88 Å². The first-order valence-electron chi connectivity index (χ1n) is 7.50. The molecule has 2 heterocycles. The average Bonchev–Trinajstić information content (AvgIpc) is 2.98. The molecule has 108 valence electrons.